The predicted octanol–water partition coefficient (Wildman–Crippen LogP) is 3.93. The summed E-state index contributed by atoms with van der Waals surface area (Å²) in [6, 6.07) is 0.409. The zero-order valence-electron chi connectivity index (χ0n) is 17.0. The van der Waals surface area contributed by atoms with Crippen LogP contribution in [0.3, 0.4) is 0 Å². The maximum atomic E-state index is 12.0. The molecule has 1 saturated heterocycles. The van der Waals surface area contributed by atoms with E-state index in [1.54, 1.807) is 0 Å². The van der Waals surface area contributed by atoms with E-state index in [4.69, 9.17) is 5.73 Å². The number of carbonyl (C=O) groups is 1. The molecule has 4 aliphatic carbocycles. The van der Waals surface area contributed by atoms with Gasteiger partial charge >= 0.3 is 0 Å². The first-order valence-corrected chi connectivity index (χ1v) is 11.7. The molecule has 3 N–H and O–H groups in total. The third-order valence-corrected chi connectivity index (χ3v) is 9.74. The molecule has 27 heavy (non-hydrogen) atoms. The molecule has 5 fully saturated rings. The molecular weight excluding hydrogens is 332 g/mol. The molecule has 5 rings (SSSR count). The lowest BCUT2D eigenvalue weighted by Gasteiger charge is -2.45. The smallest absolute Gasteiger partial charge is 0.137 e. The average Bonchev–Trinajstić information content (AvgIpc) is 3.25. The summed E-state index contributed by atoms with van der Waals surface area (Å²) in [6.45, 7) is 8.07. The van der Waals surface area contributed by atoms with Crippen molar-refractivity contribution >= 4 is 6.29 Å². The highest BCUT2D eigenvalue weighted by atomic mass is 16.1. The van der Waals surface area contributed by atoms with E-state index in [1.807, 2.05) is 0 Å². The zero-order valence-corrected chi connectivity index (χ0v) is 17.0. The van der Waals surface area contributed by atoms with Gasteiger partial charge in [0.25, 0.3) is 0 Å². The molecule has 3 nitrogen and oxygen atoms in total. The monoisotopic (exact) mass is 370 g/mol. The normalized spacial score (nSPS) is 52.9. The molecule has 0 radical (unpaired) electrons. The minimum absolute atomic E-state index is 0.0967. The van der Waals surface area contributed by atoms with Gasteiger partial charge in [0.2, 0.25) is 0 Å². The number of nitrogens with two attached hydrogens (primary N) is 1. The second kappa shape index (κ2) is 6.69. The van der Waals surface area contributed by atoms with Crippen molar-refractivity contribution in [2.24, 2.45) is 52.6 Å². The molecule has 0 aromatic carbocycles. The summed E-state index contributed by atoms with van der Waals surface area (Å²) in [7, 11) is 0. The fourth-order valence-corrected chi connectivity index (χ4v) is 8.73. The van der Waals surface area contributed by atoms with E-state index in [1.165, 1.54) is 69.9 Å². The number of hydrogen-bond acceptors (Lipinski definition) is 3. The Kier molecular flexibility index (Phi) is 4.55. The Morgan fingerprint density at radius 2 is 2.07 bits per heavy atom. The number of aldehydes is 1. The molecule has 150 valence electrons. The molecule has 0 amide bonds. The van der Waals surface area contributed by atoms with Gasteiger partial charge in [-0.2, -0.15) is 0 Å². The number of fused-ring (bicyclic) bond motifs is 4. The first kappa shape index (κ1) is 18.4. The number of rotatable bonds is 3. The van der Waals surface area contributed by atoms with E-state index in [0.717, 1.165) is 24.0 Å². The summed E-state index contributed by atoms with van der Waals surface area (Å²) >= 11 is 0. The molecule has 0 spiro atoms. The second-order valence-electron chi connectivity index (χ2n) is 10.8. The first-order valence-electron chi connectivity index (χ1n) is 11.7. The maximum Gasteiger partial charge on any atom is 0.137 e. The molecule has 4 saturated carbocycles. The molecule has 1 heterocycles. The molecule has 0 aromatic heterocycles. The van der Waals surface area contributed by atoms with Crippen molar-refractivity contribution in [1.29, 1.82) is 0 Å². The summed E-state index contributed by atoms with van der Waals surface area (Å²) in [5.74, 6) is 5.08. The largest absolute Gasteiger partial charge is 0.321 e. The summed E-state index contributed by atoms with van der Waals surface area (Å²) < 4.78 is 0. The van der Waals surface area contributed by atoms with Gasteiger partial charge < -0.3 is 15.8 Å². The second-order valence-corrected chi connectivity index (χ2v) is 10.8. The fraction of sp³-hybridized carbons (Fsp3) is 0.875. The Morgan fingerprint density at radius 3 is 2.89 bits per heavy atom. The molecule has 0 aromatic rings. The van der Waals surface area contributed by atoms with E-state index in [9.17, 15) is 4.79 Å². The number of nitrogens with one attached hydrogen (secondary N) is 1. The molecule has 5 aliphatic rings. The van der Waals surface area contributed by atoms with Crippen molar-refractivity contribution in [2.75, 3.05) is 6.54 Å². The van der Waals surface area contributed by atoms with Crippen LogP contribution in [0, 0.1) is 46.8 Å². The van der Waals surface area contributed by atoms with Gasteiger partial charge in [0.15, 0.2) is 0 Å². The van der Waals surface area contributed by atoms with Crippen LogP contribution < -0.4 is 11.1 Å². The van der Waals surface area contributed by atoms with Gasteiger partial charge in [-0.1, -0.05) is 19.1 Å². The maximum absolute atomic E-state index is 12.0. The Hall–Kier alpha value is -0.670. The highest BCUT2D eigenvalue weighted by Gasteiger charge is 2.73. The Bertz CT molecular complexity index is 618. The lowest BCUT2D eigenvalue weighted by atomic mass is 9.64. The summed E-state index contributed by atoms with van der Waals surface area (Å²) in [5, 5.41) is 3.82. The third-order valence-electron chi connectivity index (χ3n) is 9.74. The number of hydrogen-bond donors (Lipinski definition) is 2. The topological polar surface area (TPSA) is 55.1 Å². The fourth-order valence-electron chi connectivity index (χ4n) is 8.73. The highest BCUT2D eigenvalue weighted by Crippen LogP contribution is 2.75. The van der Waals surface area contributed by atoms with Crippen molar-refractivity contribution in [1.82, 2.24) is 5.32 Å². The van der Waals surface area contributed by atoms with Gasteiger partial charge in [-0.05, 0) is 106 Å². The van der Waals surface area contributed by atoms with E-state index >= 15 is 0 Å². The van der Waals surface area contributed by atoms with Crippen LogP contribution in [0.5, 0.6) is 0 Å². The van der Waals surface area contributed by atoms with Gasteiger partial charge in [-0.3, -0.25) is 0 Å². The highest BCUT2D eigenvalue weighted by molar-refractivity contribution is 5.61. The van der Waals surface area contributed by atoms with E-state index in [0.29, 0.717) is 29.7 Å². The summed E-state index contributed by atoms with van der Waals surface area (Å²) in [4.78, 5) is 12.0. The van der Waals surface area contributed by atoms with Crippen LogP contribution in [0.4, 0.5) is 0 Å². The SMILES string of the molecule is C=C1CC[C@@H]2[C@H]([C@@H]3C[C@@H](C)C[C@H]13)[C@@]2([C@@H]1CC[C@@H]2CCCN[C@@H]2C1)[C@H](N)C=O. The van der Waals surface area contributed by atoms with Crippen LogP contribution in [-0.4, -0.2) is 24.9 Å². The van der Waals surface area contributed by atoms with Crippen molar-refractivity contribution in [2.45, 2.75) is 76.8 Å². The number of carbonyl (C=O) groups excluding carboxylic acids is 1. The lowest BCUT2D eigenvalue weighted by molar-refractivity contribution is -0.111. The van der Waals surface area contributed by atoms with Gasteiger partial charge in [0.1, 0.15) is 6.29 Å². The number of allylic oxidation sites excluding steroid dienone is 1. The van der Waals surface area contributed by atoms with Gasteiger partial charge in [-0.15, -0.1) is 0 Å². The molecular formula is C24H38N2O. The van der Waals surface area contributed by atoms with Crippen LogP contribution in [-0.2, 0) is 4.79 Å². The zero-order chi connectivity index (χ0) is 18.8. The molecule has 1 aliphatic heterocycles. The Morgan fingerprint density at radius 1 is 1.22 bits per heavy atom. The molecule has 10 atom stereocenters. The van der Waals surface area contributed by atoms with Gasteiger partial charge in [0.05, 0.1) is 6.04 Å². The number of piperidine rings is 1. The first-order chi connectivity index (χ1) is 13.1. The summed E-state index contributed by atoms with van der Waals surface area (Å²) in [5.41, 5.74) is 8.26. The minimum Gasteiger partial charge on any atom is -0.321 e. The molecule has 0 unspecified atom stereocenters. The third kappa shape index (κ3) is 2.64. The quantitative estimate of drug-likeness (QED) is 0.585. The average molecular weight is 371 g/mol. The van der Waals surface area contributed by atoms with Crippen molar-refractivity contribution < 1.29 is 4.79 Å². The Balaban J connectivity index is 1.46. The van der Waals surface area contributed by atoms with Crippen molar-refractivity contribution in [3.63, 3.8) is 0 Å². The molecule has 3 heteroatoms. The standard InChI is InChI=1S/C24H38N2O/c1-14-10-18-15(2)5-8-20-23(19(18)11-14)24(20,22(25)13-27)17-7-6-16-4-3-9-26-21(16)12-17/h13-14,16-23,26H,2-12,25H2,1H3/t14-,16-,17+,18+,19+,20+,21+,22+,23-,24+/m0/s1. The van der Waals surface area contributed by atoms with Crippen LogP contribution in [0.2, 0.25) is 0 Å². The predicted molar refractivity (Wildman–Crippen MR) is 109 cm³/mol. The van der Waals surface area contributed by atoms with Crippen molar-refractivity contribution in [3.05, 3.63) is 12.2 Å². The van der Waals surface area contributed by atoms with Crippen LogP contribution in [0.15, 0.2) is 12.2 Å². The molecule has 0 bridgehead atoms. The van der Waals surface area contributed by atoms with Crippen LogP contribution >= 0.6 is 0 Å². The van der Waals surface area contributed by atoms with Gasteiger partial charge in [0, 0.05) is 11.5 Å². The van der Waals surface area contributed by atoms with E-state index in [-0.39, 0.29) is 11.5 Å². The van der Waals surface area contributed by atoms with Crippen molar-refractivity contribution in [3.8, 4) is 0 Å². The Labute approximate surface area is 164 Å². The van der Waals surface area contributed by atoms with E-state index < -0.39 is 0 Å². The van der Waals surface area contributed by atoms with Crippen LogP contribution in [0.1, 0.15) is 64.7 Å². The van der Waals surface area contributed by atoms with Gasteiger partial charge in [-0.25, -0.2) is 0 Å². The van der Waals surface area contributed by atoms with Crippen LogP contribution in [0.25, 0.3) is 0 Å². The lowest BCUT2D eigenvalue weighted by Crippen LogP contribution is -2.50. The minimum atomic E-state index is -0.263. The van der Waals surface area contributed by atoms with E-state index in [2.05, 4.69) is 18.8 Å². The summed E-state index contributed by atoms with van der Waals surface area (Å²) in [6.07, 6.45) is 12.8.